The van der Waals surface area contributed by atoms with E-state index in [1.54, 1.807) is 7.11 Å². The van der Waals surface area contributed by atoms with Crippen LogP contribution in [0.1, 0.15) is 37.9 Å². The zero-order chi connectivity index (χ0) is 14.4. The maximum absolute atomic E-state index is 12.0. The number of methoxy groups -OCH3 is 1. The molecule has 1 atom stereocenters. The fourth-order valence-electron chi connectivity index (χ4n) is 1.94. The van der Waals surface area contributed by atoms with Gasteiger partial charge in [-0.05, 0) is 44.9 Å². The third-order valence-electron chi connectivity index (χ3n) is 2.77. The van der Waals surface area contributed by atoms with Crippen molar-refractivity contribution in [3.63, 3.8) is 0 Å². The lowest BCUT2D eigenvalue weighted by molar-refractivity contribution is -0.146. The largest absolute Gasteiger partial charge is 0.496 e. The highest BCUT2D eigenvalue weighted by atomic mass is 16.5. The highest BCUT2D eigenvalue weighted by Crippen LogP contribution is 2.23. The average Bonchev–Trinajstić information content (AvgIpc) is 2.36. The quantitative estimate of drug-likeness (QED) is 0.803. The lowest BCUT2D eigenvalue weighted by Crippen LogP contribution is -2.34. The van der Waals surface area contributed by atoms with E-state index in [-0.39, 0.29) is 12.0 Å². The molecule has 19 heavy (non-hydrogen) atoms. The highest BCUT2D eigenvalue weighted by molar-refractivity contribution is 5.78. The Labute approximate surface area is 115 Å². The number of aryl methyl sites for hydroxylation is 1. The van der Waals surface area contributed by atoms with Gasteiger partial charge in [-0.1, -0.05) is 12.1 Å². The summed E-state index contributed by atoms with van der Waals surface area (Å²) in [6, 6.07) is 5.47. The minimum Gasteiger partial charge on any atom is -0.496 e. The van der Waals surface area contributed by atoms with E-state index < -0.39 is 6.04 Å². The lowest BCUT2D eigenvalue weighted by Gasteiger charge is -2.21. The summed E-state index contributed by atoms with van der Waals surface area (Å²) in [6.07, 6.45) is 0. The monoisotopic (exact) mass is 265 g/mol. The number of benzene rings is 1. The van der Waals surface area contributed by atoms with Crippen molar-refractivity contribution in [3.8, 4) is 5.75 Å². The zero-order valence-electron chi connectivity index (χ0n) is 12.3. The third kappa shape index (κ3) is 4.24. The first-order chi connectivity index (χ1) is 8.99. The van der Waals surface area contributed by atoms with Crippen molar-refractivity contribution in [3.05, 3.63) is 29.3 Å². The van der Waals surface area contributed by atoms with Gasteiger partial charge in [0.1, 0.15) is 11.8 Å². The molecule has 0 amide bonds. The van der Waals surface area contributed by atoms with E-state index in [4.69, 9.17) is 9.47 Å². The molecule has 0 saturated heterocycles. The molecule has 0 aliphatic heterocycles. The average molecular weight is 265 g/mol. The Bertz CT molecular complexity index is 429. The molecule has 1 N–H and O–H groups in total. The van der Waals surface area contributed by atoms with E-state index >= 15 is 0 Å². The van der Waals surface area contributed by atoms with Crippen LogP contribution < -0.4 is 10.1 Å². The summed E-state index contributed by atoms with van der Waals surface area (Å²) >= 11 is 0. The summed E-state index contributed by atoms with van der Waals surface area (Å²) in [6.45, 7) is 8.15. The molecule has 0 spiro atoms. The van der Waals surface area contributed by atoms with Gasteiger partial charge in [0.15, 0.2) is 0 Å². The normalized spacial score (nSPS) is 12.3. The van der Waals surface area contributed by atoms with E-state index in [2.05, 4.69) is 5.32 Å². The van der Waals surface area contributed by atoms with Crippen molar-refractivity contribution < 1.29 is 14.3 Å². The molecular formula is C15H23NO3. The van der Waals surface area contributed by atoms with Crippen LogP contribution in [0.25, 0.3) is 0 Å². The van der Waals surface area contributed by atoms with Crippen molar-refractivity contribution in [2.75, 3.05) is 13.7 Å². The molecule has 1 unspecified atom stereocenters. The third-order valence-corrected chi connectivity index (χ3v) is 2.77. The SMILES string of the molecule is CCOC(=O)C(NC(C)C)c1ccc(OC)c(C)c1. The summed E-state index contributed by atoms with van der Waals surface area (Å²) in [4.78, 5) is 12.0. The van der Waals surface area contributed by atoms with E-state index in [0.717, 1.165) is 16.9 Å². The second-order valence-corrected chi connectivity index (χ2v) is 4.74. The minimum absolute atomic E-state index is 0.191. The molecule has 1 rings (SSSR count). The van der Waals surface area contributed by atoms with Gasteiger partial charge in [-0.15, -0.1) is 0 Å². The Hall–Kier alpha value is -1.55. The van der Waals surface area contributed by atoms with Crippen LogP contribution in [0.5, 0.6) is 5.75 Å². The second kappa shape index (κ2) is 7.14. The molecule has 106 valence electrons. The zero-order valence-corrected chi connectivity index (χ0v) is 12.3. The number of carbonyl (C=O) groups is 1. The van der Waals surface area contributed by atoms with Gasteiger partial charge in [-0.25, -0.2) is 4.79 Å². The van der Waals surface area contributed by atoms with Crippen molar-refractivity contribution in [1.29, 1.82) is 0 Å². The highest BCUT2D eigenvalue weighted by Gasteiger charge is 2.23. The van der Waals surface area contributed by atoms with E-state index in [9.17, 15) is 4.79 Å². The van der Waals surface area contributed by atoms with Crippen LogP contribution in [0.3, 0.4) is 0 Å². The maximum atomic E-state index is 12.0. The van der Waals surface area contributed by atoms with Gasteiger partial charge >= 0.3 is 5.97 Å². The van der Waals surface area contributed by atoms with E-state index in [1.165, 1.54) is 0 Å². The minimum atomic E-state index is -0.440. The van der Waals surface area contributed by atoms with Gasteiger partial charge in [0.25, 0.3) is 0 Å². The number of hydrogen-bond donors (Lipinski definition) is 1. The Morgan fingerprint density at radius 1 is 1.37 bits per heavy atom. The van der Waals surface area contributed by atoms with E-state index in [0.29, 0.717) is 6.61 Å². The summed E-state index contributed by atoms with van der Waals surface area (Å²) in [5, 5.41) is 3.23. The Kier molecular flexibility index (Phi) is 5.83. The fraction of sp³-hybridized carbons (Fsp3) is 0.533. The molecule has 0 aromatic heterocycles. The molecule has 1 aromatic rings. The van der Waals surface area contributed by atoms with Crippen LogP contribution >= 0.6 is 0 Å². The molecule has 0 radical (unpaired) electrons. The molecule has 0 aliphatic rings. The molecule has 0 aliphatic carbocycles. The van der Waals surface area contributed by atoms with Crippen LogP contribution in [-0.2, 0) is 9.53 Å². The fourth-order valence-corrected chi connectivity index (χ4v) is 1.94. The van der Waals surface area contributed by atoms with Crippen molar-refractivity contribution in [1.82, 2.24) is 5.32 Å². The molecule has 0 saturated carbocycles. The van der Waals surface area contributed by atoms with Gasteiger partial charge in [0.05, 0.1) is 13.7 Å². The first-order valence-electron chi connectivity index (χ1n) is 6.56. The molecule has 1 aromatic carbocycles. The summed E-state index contributed by atoms with van der Waals surface area (Å²) in [5.74, 6) is 0.566. The molecule has 4 heteroatoms. The van der Waals surface area contributed by atoms with Gasteiger partial charge in [0.2, 0.25) is 0 Å². The Morgan fingerprint density at radius 2 is 2.05 bits per heavy atom. The van der Waals surface area contributed by atoms with Crippen molar-refractivity contribution >= 4 is 5.97 Å². The van der Waals surface area contributed by atoms with Crippen molar-refractivity contribution in [2.45, 2.75) is 39.8 Å². The smallest absolute Gasteiger partial charge is 0.327 e. The Morgan fingerprint density at radius 3 is 2.53 bits per heavy atom. The first kappa shape index (κ1) is 15.5. The van der Waals surface area contributed by atoms with Gasteiger partial charge in [0, 0.05) is 6.04 Å². The van der Waals surface area contributed by atoms with Crippen LogP contribution in [0, 0.1) is 6.92 Å². The summed E-state index contributed by atoms with van der Waals surface area (Å²) in [5.41, 5.74) is 1.89. The second-order valence-electron chi connectivity index (χ2n) is 4.74. The lowest BCUT2D eigenvalue weighted by atomic mass is 10.0. The molecule has 4 nitrogen and oxygen atoms in total. The number of ether oxygens (including phenoxy) is 2. The summed E-state index contributed by atoms with van der Waals surface area (Å²) in [7, 11) is 1.64. The van der Waals surface area contributed by atoms with Crippen LogP contribution in [0.2, 0.25) is 0 Å². The maximum Gasteiger partial charge on any atom is 0.327 e. The number of hydrogen-bond acceptors (Lipinski definition) is 4. The summed E-state index contributed by atoms with van der Waals surface area (Å²) < 4.78 is 10.4. The van der Waals surface area contributed by atoms with Crippen LogP contribution in [0.4, 0.5) is 0 Å². The molecule has 0 heterocycles. The number of rotatable bonds is 6. The molecule has 0 bridgehead atoms. The number of carbonyl (C=O) groups excluding carboxylic acids is 1. The first-order valence-corrected chi connectivity index (χ1v) is 6.56. The topological polar surface area (TPSA) is 47.6 Å². The van der Waals surface area contributed by atoms with Crippen molar-refractivity contribution in [2.24, 2.45) is 0 Å². The standard InChI is InChI=1S/C15H23NO3/c1-6-19-15(17)14(16-10(2)3)12-7-8-13(18-5)11(4)9-12/h7-10,14,16H,6H2,1-5H3. The van der Waals surface area contributed by atoms with Gasteiger partial charge in [-0.2, -0.15) is 0 Å². The van der Waals surface area contributed by atoms with E-state index in [1.807, 2.05) is 45.9 Å². The van der Waals surface area contributed by atoms with Gasteiger partial charge in [-0.3, -0.25) is 5.32 Å². The van der Waals surface area contributed by atoms with Gasteiger partial charge < -0.3 is 9.47 Å². The molecule has 0 fully saturated rings. The number of esters is 1. The predicted molar refractivity (Wildman–Crippen MR) is 75.4 cm³/mol. The van der Waals surface area contributed by atoms with Crippen LogP contribution in [0.15, 0.2) is 18.2 Å². The Balaban J connectivity index is 3.03. The molecular weight excluding hydrogens is 242 g/mol. The van der Waals surface area contributed by atoms with Crippen LogP contribution in [-0.4, -0.2) is 25.7 Å². The predicted octanol–water partition coefficient (Wildman–Crippen LogP) is 2.61. The number of nitrogens with one attached hydrogen (secondary N) is 1.